The monoisotopic (exact) mass is 356 g/mol. The predicted octanol–water partition coefficient (Wildman–Crippen LogP) is 4.89. The van der Waals surface area contributed by atoms with Gasteiger partial charge in [0, 0.05) is 31.6 Å². The second-order valence-electron chi connectivity index (χ2n) is 6.47. The molecule has 0 aliphatic carbocycles. The van der Waals surface area contributed by atoms with Gasteiger partial charge in [-0.3, -0.25) is 9.78 Å². The van der Waals surface area contributed by atoms with E-state index in [9.17, 15) is 4.79 Å². The molecule has 2 aromatic carbocycles. The first-order chi connectivity index (χ1) is 13.2. The molecule has 0 saturated heterocycles. The Morgan fingerprint density at radius 2 is 1.59 bits per heavy atom. The molecule has 1 amide bonds. The van der Waals surface area contributed by atoms with Crippen LogP contribution in [0.5, 0.6) is 0 Å². The highest BCUT2D eigenvalue weighted by molar-refractivity contribution is 5.91. The van der Waals surface area contributed by atoms with Crippen molar-refractivity contribution < 1.29 is 4.79 Å². The van der Waals surface area contributed by atoms with Crippen LogP contribution in [0.15, 0.2) is 85.2 Å². The number of aryl methyl sites for hydroxylation is 1. The maximum atomic E-state index is 12.9. The highest BCUT2D eigenvalue weighted by Crippen LogP contribution is 2.13. The zero-order valence-electron chi connectivity index (χ0n) is 15.6. The van der Waals surface area contributed by atoms with Crippen molar-refractivity contribution in [3.63, 3.8) is 0 Å². The third-order valence-electron chi connectivity index (χ3n) is 4.43. The van der Waals surface area contributed by atoms with Gasteiger partial charge in [0.2, 0.25) is 5.91 Å². The van der Waals surface area contributed by atoms with E-state index in [-0.39, 0.29) is 5.91 Å². The second kappa shape index (κ2) is 9.48. The molecule has 3 nitrogen and oxygen atoms in total. The summed E-state index contributed by atoms with van der Waals surface area (Å²) in [5.41, 5.74) is 4.45. The third-order valence-corrected chi connectivity index (χ3v) is 4.43. The average Bonchev–Trinajstić information content (AvgIpc) is 2.73. The molecule has 0 N–H and O–H groups in total. The van der Waals surface area contributed by atoms with Crippen molar-refractivity contribution in [3.05, 3.63) is 107 Å². The van der Waals surface area contributed by atoms with E-state index in [1.165, 1.54) is 5.56 Å². The largest absolute Gasteiger partial charge is 0.330 e. The molecule has 0 saturated carbocycles. The highest BCUT2D eigenvalue weighted by atomic mass is 16.2. The predicted molar refractivity (Wildman–Crippen MR) is 110 cm³/mol. The third kappa shape index (κ3) is 5.65. The van der Waals surface area contributed by atoms with Crippen LogP contribution in [-0.2, 0) is 24.3 Å². The lowest BCUT2D eigenvalue weighted by atomic mass is 10.1. The zero-order chi connectivity index (χ0) is 18.9. The highest BCUT2D eigenvalue weighted by Gasteiger charge is 2.12. The van der Waals surface area contributed by atoms with Crippen molar-refractivity contribution >= 4 is 12.0 Å². The lowest BCUT2D eigenvalue weighted by Gasteiger charge is -2.21. The van der Waals surface area contributed by atoms with Gasteiger partial charge in [-0.15, -0.1) is 0 Å². The number of rotatable bonds is 7. The van der Waals surface area contributed by atoms with Crippen LogP contribution < -0.4 is 0 Å². The van der Waals surface area contributed by atoms with E-state index in [4.69, 9.17) is 0 Å². The molecule has 0 radical (unpaired) electrons. The van der Waals surface area contributed by atoms with Crippen LogP contribution in [0.4, 0.5) is 0 Å². The molecular formula is C24H24N2O. The summed E-state index contributed by atoms with van der Waals surface area (Å²) in [5, 5.41) is 0. The molecule has 27 heavy (non-hydrogen) atoms. The summed E-state index contributed by atoms with van der Waals surface area (Å²) < 4.78 is 0. The van der Waals surface area contributed by atoms with E-state index in [1.807, 2.05) is 53.4 Å². The summed E-state index contributed by atoms with van der Waals surface area (Å²) in [5.74, 6) is -0.0118. The van der Waals surface area contributed by atoms with E-state index in [1.54, 1.807) is 18.5 Å². The van der Waals surface area contributed by atoms with Gasteiger partial charge >= 0.3 is 0 Å². The maximum absolute atomic E-state index is 12.9. The Hall–Kier alpha value is -3.20. The van der Waals surface area contributed by atoms with E-state index in [2.05, 4.69) is 36.2 Å². The Bertz CT molecular complexity index is 871. The van der Waals surface area contributed by atoms with Crippen LogP contribution in [0.2, 0.25) is 0 Å². The van der Waals surface area contributed by atoms with Crippen LogP contribution in [0, 0.1) is 0 Å². The summed E-state index contributed by atoms with van der Waals surface area (Å²) in [6, 6.07) is 22.2. The number of carbonyl (C=O) groups is 1. The fourth-order valence-corrected chi connectivity index (χ4v) is 2.86. The van der Waals surface area contributed by atoms with Crippen molar-refractivity contribution in [2.75, 3.05) is 0 Å². The molecule has 0 aliphatic heterocycles. The lowest BCUT2D eigenvalue weighted by molar-refractivity contribution is -0.127. The molecule has 3 heteroatoms. The standard InChI is InChI=1S/C24H24N2O/c1-2-20-10-12-22(13-11-20)18-26(19-23-9-6-16-25-17-23)24(27)15-14-21-7-4-3-5-8-21/h3-17H,2,18-19H2,1H3/b15-14+. The van der Waals surface area contributed by atoms with Gasteiger partial charge in [-0.2, -0.15) is 0 Å². The summed E-state index contributed by atoms with van der Waals surface area (Å²) in [7, 11) is 0. The zero-order valence-corrected chi connectivity index (χ0v) is 15.6. The van der Waals surface area contributed by atoms with Crippen molar-refractivity contribution in [1.82, 2.24) is 9.88 Å². The molecular weight excluding hydrogens is 332 g/mol. The Kier molecular flexibility index (Phi) is 6.53. The Labute approximate surface area is 161 Å². The molecule has 0 unspecified atom stereocenters. The first-order valence-corrected chi connectivity index (χ1v) is 9.23. The first kappa shape index (κ1) is 18.6. The fourth-order valence-electron chi connectivity index (χ4n) is 2.86. The maximum Gasteiger partial charge on any atom is 0.247 e. The molecule has 0 fully saturated rings. The minimum absolute atomic E-state index is 0.0118. The summed E-state index contributed by atoms with van der Waals surface area (Å²) in [6.45, 7) is 3.24. The van der Waals surface area contributed by atoms with Crippen LogP contribution in [0.25, 0.3) is 6.08 Å². The molecule has 1 heterocycles. The molecule has 3 aromatic rings. The quantitative estimate of drug-likeness (QED) is 0.565. The van der Waals surface area contributed by atoms with Crippen LogP contribution in [0.3, 0.4) is 0 Å². The van der Waals surface area contributed by atoms with E-state index in [0.717, 1.165) is 23.1 Å². The van der Waals surface area contributed by atoms with Gasteiger partial charge in [0.05, 0.1) is 0 Å². The number of pyridine rings is 1. The number of aromatic nitrogens is 1. The van der Waals surface area contributed by atoms with Crippen molar-refractivity contribution in [2.45, 2.75) is 26.4 Å². The molecule has 0 bridgehead atoms. The summed E-state index contributed by atoms with van der Waals surface area (Å²) >= 11 is 0. The van der Waals surface area contributed by atoms with Gasteiger partial charge in [-0.05, 0) is 40.8 Å². The number of nitrogens with zero attached hydrogens (tertiary/aromatic N) is 2. The number of benzene rings is 2. The second-order valence-corrected chi connectivity index (χ2v) is 6.47. The molecule has 3 rings (SSSR count). The number of hydrogen-bond acceptors (Lipinski definition) is 2. The minimum atomic E-state index is -0.0118. The SMILES string of the molecule is CCc1ccc(CN(Cc2cccnc2)C(=O)/C=C/c2ccccc2)cc1. The average molecular weight is 356 g/mol. The summed E-state index contributed by atoms with van der Waals surface area (Å²) in [6.07, 6.45) is 8.07. The van der Waals surface area contributed by atoms with Crippen molar-refractivity contribution in [1.29, 1.82) is 0 Å². The smallest absolute Gasteiger partial charge is 0.247 e. The molecule has 0 atom stereocenters. The fraction of sp³-hybridized carbons (Fsp3) is 0.167. The van der Waals surface area contributed by atoms with Crippen molar-refractivity contribution in [2.24, 2.45) is 0 Å². The Morgan fingerprint density at radius 3 is 2.26 bits per heavy atom. The van der Waals surface area contributed by atoms with E-state index in [0.29, 0.717) is 13.1 Å². The number of carbonyl (C=O) groups excluding carboxylic acids is 1. The van der Waals surface area contributed by atoms with Gasteiger partial charge in [-0.25, -0.2) is 0 Å². The lowest BCUT2D eigenvalue weighted by Crippen LogP contribution is -2.28. The molecule has 1 aromatic heterocycles. The van der Waals surface area contributed by atoms with Crippen LogP contribution in [0.1, 0.15) is 29.2 Å². The number of amides is 1. The van der Waals surface area contributed by atoms with Crippen LogP contribution in [-0.4, -0.2) is 15.8 Å². The van der Waals surface area contributed by atoms with Crippen molar-refractivity contribution in [3.8, 4) is 0 Å². The van der Waals surface area contributed by atoms with Crippen LogP contribution >= 0.6 is 0 Å². The van der Waals surface area contributed by atoms with Gasteiger partial charge < -0.3 is 4.90 Å². The molecule has 136 valence electrons. The summed E-state index contributed by atoms with van der Waals surface area (Å²) in [4.78, 5) is 18.9. The normalized spacial score (nSPS) is 10.9. The Morgan fingerprint density at radius 1 is 0.889 bits per heavy atom. The topological polar surface area (TPSA) is 33.2 Å². The minimum Gasteiger partial charge on any atom is -0.330 e. The van der Waals surface area contributed by atoms with Gasteiger partial charge in [0.25, 0.3) is 0 Å². The van der Waals surface area contributed by atoms with E-state index >= 15 is 0 Å². The Balaban J connectivity index is 1.77. The molecule has 0 spiro atoms. The van der Waals surface area contributed by atoms with Gasteiger partial charge in [0.15, 0.2) is 0 Å². The first-order valence-electron chi connectivity index (χ1n) is 9.23. The van der Waals surface area contributed by atoms with E-state index < -0.39 is 0 Å². The number of hydrogen-bond donors (Lipinski definition) is 0. The molecule has 0 aliphatic rings. The van der Waals surface area contributed by atoms with Gasteiger partial charge in [-0.1, -0.05) is 67.6 Å². The van der Waals surface area contributed by atoms with Gasteiger partial charge in [0.1, 0.15) is 0 Å².